The third-order valence-electron chi connectivity index (χ3n) is 3.78. The van der Waals surface area contributed by atoms with Crippen LogP contribution in [0, 0.1) is 6.92 Å². The fourth-order valence-corrected chi connectivity index (χ4v) is 3.28. The van der Waals surface area contributed by atoms with Gasteiger partial charge in [0.1, 0.15) is 0 Å². The maximum Gasteiger partial charge on any atom is 0.261 e. The summed E-state index contributed by atoms with van der Waals surface area (Å²) in [6, 6.07) is 13.2. The van der Waals surface area contributed by atoms with E-state index in [4.69, 9.17) is 0 Å². The van der Waals surface area contributed by atoms with Crippen molar-refractivity contribution in [2.24, 2.45) is 0 Å². The van der Waals surface area contributed by atoms with Crippen LogP contribution in [0.5, 0.6) is 0 Å². The second-order valence-corrected chi connectivity index (χ2v) is 7.41. The highest BCUT2D eigenvalue weighted by Crippen LogP contribution is 2.21. The fraction of sp³-hybridized carbons (Fsp3) is 0.278. The summed E-state index contributed by atoms with van der Waals surface area (Å²) in [7, 11) is -3.64. The topological polar surface area (TPSA) is 75.3 Å². The number of hydrogen-bond acceptors (Lipinski definition) is 3. The maximum absolute atomic E-state index is 12.4. The number of amides is 1. The molecule has 0 heterocycles. The van der Waals surface area contributed by atoms with Gasteiger partial charge in [-0.15, -0.1) is 0 Å². The Hall–Kier alpha value is -2.34. The van der Waals surface area contributed by atoms with Crippen molar-refractivity contribution in [3.8, 4) is 0 Å². The zero-order chi connectivity index (χ0) is 17.7. The van der Waals surface area contributed by atoms with Crippen molar-refractivity contribution in [2.75, 3.05) is 4.72 Å². The van der Waals surface area contributed by atoms with Crippen LogP contribution < -0.4 is 10.0 Å². The van der Waals surface area contributed by atoms with Crippen molar-refractivity contribution in [1.82, 2.24) is 5.32 Å². The Morgan fingerprint density at radius 1 is 1.12 bits per heavy atom. The lowest BCUT2D eigenvalue weighted by atomic mass is 10.1. The standard InChI is InChI=1S/C18H22N2O3S/c1-4-14(3)19-18(21)15-10-11-17(13(2)12-15)20-24(22,23)16-8-6-5-7-9-16/h5-12,14,20H,4H2,1-3H3,(H,19,21). The molecular formula is C18H22N2O3S. The van der Waals surface area contributed by atoms with Gasteiger partial charge in [-0.05, 0) is 56.2 Å². The van der Waals surface area contributed by atoms with Crippen LogP contribution in [0.3, 0.4) is 0 Å². The fourth-order valence-electron chi connectivity index (χ4n) is 2.13. The third-order valence-corrected chi connectivity index (χ3v) is 5.16. The monoisotopic (exact) mass is 346 g/mol. The highest BCUT2D eigenvalue weighted by atomic mass is 32.2. The molecule has 0 aliphatic carbocycles. The average molecular weight is 346 g/mol. The molecule has 0 radical (unpaired) electrons. The number of carbonyl (C=O) groups excluding carboxylic acids is 1. The molecule has 0 aliphatic heterocycles. The van der Waals surface area contributed by atoms with Gasteiger partial charge in [-0.3, -0.25) is 9.52 Å². The van der Waals surface area contributed by atoms with Crippen LogP contribution in [0.25, 0.3) is 0 Å². The molecule has 1 atom stereocenters. The Labute approximate surface area is 143 Å². The van der Waals surface area contributed by atoms with Crippen LogP contribution in [0.15, 0.2) is 53.4 Å². The van der Waals surface area contributed by atoms with Gasteiger partial charge in [-0.1, -0.05) is 25.1 Å². The summed E-state index contributed by atoms with van der Waals surface area (Å²) in [5.41, 5.74) is 1.65. The SMILES string of the molecule is CCC(C)NC(=O)c1ccc(NS(=O)(=O)c2ccccc2)c(C)c1. The highest BCUT2D eigenvalue weighted by molar-refractivity contribution is 7.92. The molecule has 0 aliphatic rings. The smallest absolute Gasteiger partial charge is 0.261 e. The Morgan fingerprint density at radius 2 is 1.79 bits per heavy atom. The van der Waals surface area contributed by atoms with E-state index < -0.39 is 10.0 Å². The molecule has 0 fully saturated rings. The van der Waals surface area contributed by atoms with Gasteiger partial charge < -0.3 is 5.32 Å². The molecule has 0 spiro atoms. The molecule has 2 aromatic carbocycles. The van der Waals surface area contributed by atoms with Crippen molar-refractivity contribution in [2.45, 2.75) is 38.1 Å². The van der Waals surface area contributed by atoms with E-state index in [9.17, 15) is 13.2 Å². The number of anilines is 1. The van der Waals surface area contributed by atoms with Gasteiger partial charge in [-0.25, -0.2) is 8.42 Å². The first-order valence-corrected chi connectivity index (χ1v) is 9.31. The number of nitrogens with one attached hydrogen (secondary N) is 2. The number of benzene rings is 2. The number of rotatable bonds is 6. The summed E-state index contributed by atoms with van der Waals surface area (Å²) >= 11 is 0. The van der Waals surface area contributed by atoms with E-state index in [1.54, 1.807) is 43.3 Å². The van der Waals surface area contributed by atoms with Crippen LogP contribution in [0.4, 0.5) is 5.69 Å². The number of carbonyl (C=O) groups is 1. The van der Waals surface area contributed by atoms with Gasteiger partial charge in [0.2, 0.25) is 0 Å². The second kappa shape index (κ2) is 7.49. The quantitative estimate of drug-likeness (QED) is 0.842. The van der Waals surface area contributed by atoms with E-state index in [2.05, 4.69) is 10.0 Å². The van der Waals surface area contributed by atoms with Gasteiger partial charge in [0.15, 0.2) is 0 Å². The Kier molecular flexibility index (Phi) is 5.62. The molecule has 1 unspecified atom stereocenters. The summed E-state index contributed by atoms with van der Waals surface area (Å²) in [5, 5.41) is 2.89. The largest absolute Gasteiger partial charge is 0.350 e. The minimum Gasteiger partial charge on any atom is -0.350 e. The predicted octanol–water partition coefficient (Wildman–Crippen LogP) is 3.32. The molecule has 2 aromatic rings. The minimum absolute atomic E-state index is 0.0917. The van der Waals surface area contributed by atoms with Gasteiger partial charge in [-0.2, -0.15) is 0 Å². The van der Waals surface area contributed by atoms with Gasteiger partial charge >= 0.3 is 0 Å². The van der Waals surface area contributed by atoms with Crippen molar-refractivity contribution in [3.63, 3.8) is 0 Å². The van der Waals surface area contributed by atoms with Crippen LogP contribution in [0.2, 0.25) is 0 Å². The molecule has 1 amide bonds. The van der Waals surface area contributed by atoms with E-state index in [1.165, 1.54) is 12.1 Å². The first kappa shape index (κ1) is 18.0. The predicted molar refractivity (Wildman–Crippen MR) is 95.6 cm³/mol. The van der Waals surface area contributed by atoms with Crippen molar-refractivity contribution in [1.29, 1.82) is 0 Å². The molecule has 6 heteroatoms. The van der Waals surface area contributed by atoms with E-state index >= 15 is 0 Å². The zero-order valence-corrected chi connectivity index (χ0v) is 14.9. The zero-order valence-electron chi connectivity index (χ0n) is 14.0. The third kappa shape index (κ3) is 4.35. The lowest BCUT2D eigenvalue weighted by Crippen LogP contribution is -2.31. The number of hydrogen-bond donors (Lipinski definition) is 2. The molecular weight excluding hydrogens is 324 g/mol. The van der Waals surface area contributed by atoms with Gasteiger partial charge in [0, 0.05) is 11.6 Å². The molecule has 24 heavy (non-hydrogen) atoms. The first-order valence-electron chi connectivity index (χ1n) is 7.83. The Bertz CT molecular complexity index is 817. The molecule has 0 saturated heterocycles. The van der Waals surface area contributed by atoms with Crippen molar-refractivity contribution < 1.29 is 13.2 Å². The van der Waals surface area contributed by atoms with Crippen LogP contribution in [-0.2, 0) is 10.0 Å². The minimum atomic E-state index is -3.64. The van der Waals surface area contributed by atoms with E-state index in [-0.39, 0.29) is 16.8 Å². The van der Waals surface area contributed by atoms with Gasteiger partial charge in [0.25, 0.3) is 15.9 Å². The highest BCUT2D eigenvalue weighted by Gasteiger charge is 2.16. The first-order chi connectivity index (χ1) is 11.3. The molecule has 128 valence electrons. The summed E-state index contributed by atoms with van der Waals surface area (Å²) < 4.78 is 27.3. The Morgan fingerprint density at radius 3 is 2.38 bits per heavy atom. The second-order valence-electron chi connectivity index (χ2n) is 5.73. The molecule has 0 aromatic heterocycles. The van der Waals surface area contributed by atoms with E-state index in [0.29, 0.717) is 16.8 Å². The summed E-state index contributed by atoms with van der Waals surface area (Å²) in [6.07, 6.45) is 0.847. The molecule has 2 rings (SSSR count). The van der Waals surface area contributed by atoms with Gasteiger partial charge in [0.05, 0.1) is 10.6 Å². The number of aryl methyl sites for hydroxylation is 1. The number of sulfonamides is 1. The van der Waals surface area contributed by atoms with Crippen LogP contribution in [-0.4, -0.2) is 20.4 Å². The molecule has 0 saturated carbocycles. The molecule has 0 bridgehead atoms. The normalized spacial score (nSPS) is 12.5. The lowest BCUT2D eigenvalue weighted by molar-refractivity contribution is 0.0939. The lowest BCUT2D eigenvalue weighted by Gasteiger charge is -2.14. The summed E-state index contributed by atoms with van der Waals surface area (Å²) in [5.74, 6) is -0.162. The van der Waals surface area contributed by atoms with Crippen molar-refractivity contribution >= 4 is 21.6 Å². The van der Waals surface area contributed by atoms with E-state index in [1.807, 2.05) is 13.8 Å². The van der Waals surface area contributed by atoms with E-state index in [0.717, 1.165) is 6.42 Å². The summed E-state index contributed by atoms with van der Waals surface area (Å²) in [6.45, 7) is 5.70. The molecule has 5 nitrogen and oxygen atoms in total. The van der Waals surface area contributed by atoms with Crippen molar-refractivity contribution in [3.05, 3.63) is 59.7 Å². The summed E-state index contributed by atoms with van der Waals surface area (Å²) in [4.78, 5) is 12.3. The molecule has 2 N–H and O–H groups in total. The maximum atomic E-state index is 12.4. The van der Waals surface area contributed by atoms with Crippen LogP contribution in [0.1, 0.15) is 36.2 Å². The Balaban J connectivity index is 2.20. The average Bonchev–Trinajstić information content (AvgIpc) is 2.57. The van der Waals surface area contributed by atoms with Crippen LogP contribution >= 0.6 is 0 Å².